The summed E-state index contributed by atoms with van der Waals surface area (Å²) in [7, 11) is 0. The predicted molar refractivity (Wildman–Crippen MR) is 79.6 cm³/mol. The van der Waals surface area contributed by atoms with Gasteiger partial charge in [0.15, 0.2) is 0 Å². The fraction of sp³-hybridized carbons (Fsp3) is 0.533. The van der Waals surface area contributed by atoms with Crippen LogP contribution in [0.25, 0.3) is 0 Å². The molecule has 0 aromatic heterocycles. The molecule has 1 aliphatic heterocycles. The standard InChI is InChI=1S/C15H21ClN2O/c1-3-6-15(7-8-17-10-15)14(19)18-13-5-4-11(2)9-12(13)16/h4-5,9,17H,3,6-8,10H2,1-2H3,(H,18,19). The van der Waals surface area contributed by atoms with Crippen LogP contribution in [0.15, 0.2) is 18.2 Å². The molecule has 1 unspecified atom stereocenters. The van der Waals surface area contributed by atoms with Gasteiger partial charge in [-0.25, -0.2) is 0 Å². The minimum Gasteiger partial charge on any atom is -0.324 e. The molecule has 1 saturated heterocycles. The molecule has 3 nitrogen and oxygen atoms in total. The number of amides is 1. The van der Waals surface area contributed by atoms with Gasteiger partial charge in [0, 0.05) is 6.54 Å². The summed E-state index contributed by atoms with van der Waals surface area (Å²) in [6.07, 6.45) is 2.82. The number of carbonyl (C=O) groups excluding carboxylic acids is 1. The molecule has 1 aromatic rings. The Balaban J connectivity index is 2.15. The maximum atomic E-state index is 12.6. The number of carbonyl (C=O) groups is 1. The van der Waals surface area contributed by atoms with Gasteiger partial charge in [-0.15, -0.1) is 0 Å². The number of rotatable bonds is 4. The third-order valence-corrected chi connectivity index (χ3v) is 4.14. The fourth-order valence-electron chi connectivity index (χ4n) is 2.72. The first-order valence-corrected chi connectivity index (χ1v) is 7.23. The molecule has 0 spiro atoms. The van der Waals surface area contributed by atoms with E-state index in [-0.39, 0.29) is 11.3 Å². The molecule has 2 N–H and O–H groups in total. The smallest absolute Gasteiger partial charge is 0.231 e. The number of benzene rings is 1. The molecular formula is C15H21ClN2O. The molecule has 0 aliphatic carbocycles. The Kier molecular flexibility index (Phi) is 4.48. The van der Waals surface area contributed by atoms with Crippen LogP contribution in [-0.4, -0.2) is 19.0 Å². The minimum absolute atomic E-state index is 0.0881. The quantitative estimate of drug-likeness (QED) is 0.888. The lowest BCUT2D eigenvalue weighted by Crippen LogP contribution is -2.38. The third kappa shape index (κ3) is 3.10. The second kappa shape index (κ2) is 5.93. The highest BCUT2D eigenvalue weighted by Gasteiger charge is 2.40. The monoisotopic (exact) mass is 280 g/mol. The lowest BCUT2D eigenvalue weighted by Gasteiger charge is -2.26. The molecule has 1 aromatic carbocycles. The number of nitrogens with one attached hydrogen (secondary N) is 2. The number of anilines is 1. The second-order valence-corrected chi connectivity index (χ2v) is 5.80. The largest absolute Gasteiger partial charge is 0.324 e. The molecule has 1 aliphatic rings. The average Bonchev–Trinajstić information content (AvgIpc) is 2.83. The molecule has 0 radical (unpaired) electrons. The average molecular weight is 281 g/mol. The molecule has 1 amide bonds. The molecular weight excluding hydrogens is 260 g/mol. The first-order chi connectivity index (χ1) is 9.07. The van der Waals surface area contributed by atoms with Gasteiger partial charge in [0.1, 0.15) is 0 Å². The summed E-state index contributed by atoms with van der Waals surface area (Å²) >= 11 is 6.17. The fourth-order valence-corrected chi connectivity index (χ4v) is 3.00. The maximum Gasteiger partial charge on any atom is 0.231 e. The molecule has 104 valence electrons. The maximum absolute atomic E-state index is 12.6. The molecule has 4 heteroatoms. The van der Waals surface area contributed by atoms with Crippen molar-refractivity contribution < 1.29 is 4.79 Å². The van der Waals surface area contributed by atoms with E-state index in [1.54, 1.807) is 0 Å². The summed E-state index contributed by atoms with van der Waals surface area (Å²) in [5, 5.41) is 6.89. The van der Waals surface area contributed by atoms with Crippen LogP contribution in [-0.2, 0) is 4.79 Å². The number of halogens is 1. The van der Waals surface area contributed by atoms with Crippen molar-refractivity contribution in [3.8, 4) is 0 Å². The first-order valence-electron chi connectivity index (χ1n) is 6.86. The van der Waals surface area contributed by atoms with E-state index in [0.717, 1.165) is 37.9 Å². The van der Waals surface area contributed by atoms with E-state index in [4.69, 9.17) is 11.6 Å². The molecule has 2 rings (SSSR count). The number of aryl methyl sites for hydroxylation is 1. The Morgan fingerprint density at radius 1 is 1.53 bits per heavy atom. The van der Waals surface area contributed by atoms with Crippen molar-refractivity contribution in [2.45, 2.75) is 33.1 Å². The van der Waals surface area contributed by atoms with Gasteiger partial charge in [-0.05, 0) is 44.0 Å². The van der Waals surface area contributed by atoms with Gasteiger partial charge >= 0.3 is 0 Å². The lowest BCUT2D eigenvalue weighted by atomic mass is 9.81. The molecule has 1 fully saturated rings. The van der Waals surface area contributed by atoms with Crippen LogP contribution in [0.2, 0.25) is 5.02 Å². The minimum atomic E-state index is -0.275. The highest BCUT2D eigenvalue weighted by Crippen LogP contribution is 2.33. The Morgan fingerprint density at radius 2 is 2.32 bits per heavy atom. The number of hydrogen-bond donors (Lipinski definition) is 2. The van der Waals surface area contributed by atoms with Gasteiger partial charge in [0.2, 0.25) is 5.91 Å². The zero-order valence-corrected chi connectivity index (χ0v) is 12.3. The second-order valence-electron chi connectivity index (χ2n) is 5.39. The molecule has 19 heavy (non-hydrogen) atoms. The Bertz CT molecular complexity index is 467. The van der Waals surface area contributed by atoms with E-state index < -0.39 is 0 Å². The summed E-state index contributed by atoms with van der Waals surface area (Å²) in [6.45, 7) is 5.77. The Labute approximate surface area is 119 Å². The van der Waals surface area contributed by atoms with Crippen molar-refractivity contribution >= 4 is 23.2 Å². The van der Waals surface area contributed by atoms with E-state index in [0.29, 0.717) is 10.7 Å². The van der Waals surface area contributed by atoms with Crippen LogP contribution in [0.5, 0.6) is 0 Å². The van der Waals surface area contributed by atoms with Gasteiger partial charge in [-0.1, -0.05) is 31.0 Å². The first kappa shape index (κ1) is 14.4. The Hall–Kier alpha value is -1.06. The summed E-state index contributed by atoms with van der Waals surface area (Å²) in [6, 6.07) is 5.70. The van der Waals surface area contributed by atoms with E-state index >= 15 is 0 Å². The van der Waals surface area contributed by atoms with Gasteiger partial charge in [-0.3, -0.25) is 4.79 Å². The van der Waals surface area contributed by atoms with Gasteiger partial charge in [0.25, 0.3) is 0 Å². The van der Waals surface area contributed by atoms with Crippen LogP contribution >= 0.6 is 11.6 Å². The lowest BCUT2D eigenvalue weighted by molar-refractivity contribution is -0.125. The molecule has 1 heterocycles. The van der Waals surface area contributed by atoms with Crippen LogP contribution in [0, 0.1) is 12.3 Å². The van der Waals surface area contributed by atoms with Gasteiger partial charge < -0.3 is 10.6 Å². The topological polar surface area (TPSA) is 41.1 Å². The zero-order valence-electron chi connectivity index (χ0n) is 11.6. The van der Waals surface area contributed by atoms with E-state index in [1.807, 2.05) is 25.1 Å². The van der Waals surface area contributed by atoms with Gasteiger partial charge in [0.05, 0.1) is 16.1 Å². The van der Waals surface area contributed by atoms with Gasteiger partial charge in [-0.2, -0.15) is 0 Å². The Morgan fingerprint density at radius 3 is 2.89 bits per heavy atom. The highest BCUT2D eigenvalue weighted by molar-refractivity contribution is 6.33. The molecule has 1 atom stereocenters. The van der Waals surface area contributed by atoms with E-state index in [2.05, 4.69) is 17.6 Å². The van der Waals surface area contributed by atoms with Crippen molar-refractivity contribution in [1.29, 1.82) is 0 Å². The van der Waals surface area contributed by atoms with Crippen molar-refractivity contribution in [1.82, 2.24) is 5.32 Å². The van der Waals surface area contributed by atoms with E-state index in [9.17, 15) is 4.79 Å². The molecule has 0 saturated carbocycles. The third-order valence-electron chi connectivity index (χ3n) is 3.83. The van der Waals surface area contributed by atoms with Crippen LogP contribution in [0.1, 0.15) is 31.7 Å². The van der Waals surface area contributed by atoms with Crippen molar-refractivity contribution in [2.24, 2.45) is 5.41 Å². The summed E-state index contributed by atoms with van der Waals surface area (Å²) in [4.78, 5) is 12.6. The zero-order chi connectivity index (χ0) is 13.9. The normalized spacial score (nSPS) is 22.5. The highest BCUT2D eigenvalue weighted by atomic mass is 35.5. The van der Waals surface area contributed by atoms with Crippen molar-refractivity contribution in [3.63, 3.8) is 0 Å². The van der Waals surface area contributed by atoms with Crippen molar-refractivity contribution in [3.05, 3.63) is 28.8 Å². The van der Waals surface area contributed by atoms with Crippen LogP contribution in [0.4, 0.5) is 5.69 Å². The summed E-state index contributed by atoms with van der Waals surface area (Å²) in [5.41, 5.74) is 1.52. The summed E-state index contributed by atoms with van der Waals surface area (Å²) < 4.78 is 0. The SMILES string of the molecule is CCCC1(C(=O)Nc2ccc(C)cc2Cl)CCNC1. The molecule has 0 bridgehead atoms. The van der Waals surface area contributed by atoms with Crippen molar-refractivity contribution in [2.75, 3.05) is 18.4 Å². The summed E-state index contributed by atoms with van der Waals surface area (Å²) in [5.74, 6) is 0.0881. The van der Waals surface area contributed by atoms with Crippen LogP contribution in [0.3, 0.4) is 0 Å². The van der Waals surface area contributed by atoms with Crippen LogP contribution < -0.4 is 10.6 Å². The predicted octanol–water partition coefficient (Wildman–Crippen LogP) is 3.37. The number of hydrogen-bond acceptors (Lipinski definition) is 2. The van der Waals surface area contributed by atoms with E-state index in [1.165, 1.54) is 0 Å².